The zero-order valence-corrected chi connectivity index (χ0v) is 21.4. The molecule has 0 spiro atoms. The van der Waals surface area contributed by atoms with Crippen molar-refractivity contribution < 1.29 is 29.0 Å². The van der Waals surface area contributed by atoms with E-state index in [2.05, 4.69) is 10.6 Å². The number of carboxylic acid groups (broad SMARTS) is 1. The Labute approximate surface area is 216 Å². The summed E-state index contributed by atoms with van der Waals surface area (Å²) in [5, 5.41) is 14.8. The van der Waals surface area contributed by atoms with Gasteiger partial charge in [0.1, 0.15) is 18.0 Å². The summed E-state index contributed by atoms with van der Waals surface area (Å²) in [7, 11) is 0. The number of carbonyl (C=O) groups excluding carboxylic acids is 2. The Morgan fingerprint density at radius 2 is 1.51 bits per heavy atom. The Morgan fingerprint density at radius 1 is 0.892 bits per heavy atom. The molecule has 194 valence electrons. The number of rotatable bonds is 9. The number of nitrogens with one attached hydrogen (secondary N) is 2. The Balaban J connectivity index is 1.72. The van der Waals surface area contributed by atoms with Gasteiger partial charge in [0.15, 0.2) is 6.04 Å². The third-order valence-electron chi connectivity index (χ3n) is 5.24. The molecular weight excluding hydrogens is 472 g/mol. The summed E-state index contributed by atoms with van der Waals surface area (Å²) >= 11 is 0. The van der Waals surface area contributed by atoms with Crippen LogP contribution in [0.15, 0.2) is 72.8 Å². The molecule has 0 saturated carbocycles. The predicted octanol–water partition coefficient (Wildman–Crippen LogP) is 5.22. The summed E-state index contributed by atoms with van der Waals surface area (Å²) in [5.74, 6) is -1.24. The molecular formula is C29H32N2O6. The van der Waals surface area contributed by atoms with E-state index in [1.807, 2.05) is 69.3 Å². The van der Waals surface area contributed by atoms with Crippen molar-refractivity contribution in [3.8, 4) is 16.9 Å². The summed E-state index contributed by atoms with van der Waals surface area (Å²) in [6, 6.07) is 21.2. The number of hydrogen-bond acceptors (Lipinski definition) is 5. The number of carboxylic acids is 1. The van der Waals surface area contributed by atoms with Gasteiger partial charge in [-0.1, -0.05) is 54.6 Å². The maximum atomic E-state index is 12.0. The van der Waals surface area contributed by atoms with E-state index < -0.39 is 29.6 Å². The first kappa shape index (κ1) is 27.3. The van der Waals surface area contributed by atoms with Gasteiger partial charge in [0.05, 0.1) is 0 Å². The van der Waals surface area contributed by atoms with Crippen LogP contribution in [0.25, 0.3) is 11.1 Å². The van der Waals surface area contributed by atoms with Crippen molar-refractivity contribution in [2.45, 2.75) is 52.5 Å². The maximum absolute atomic E-state index is 12.0. The van der Waals surface area contributed by atoms with Crippen LogP contribution in [0.1, 0.15) is 50.4 Å². The second-order valence-corrected chi connectivity index (χ2v) is 9.55. The smallest absolute Gasteiger partial charge is 0.407 e. The molecule has 2 amide bonds. The molecule has 0 aliphatic heterocycles. The first-order chi connectivity index (χ1) is 17.5. The summed E-state index contributed by atoms with van der Waals surface area (Å²) < 4.78 is 11.3. The van der Waals surface area contributed by atoms with Crippen LogP contribution in [0.3, 0.4) is 0 Å². The molecule has 0 radical (unpaired) electrons. The molecule has 0 aliphatic carbocycles. The predicted molar refractivity (Wildman–Crippen MR) is 140 cm³/mol. The van der Waals surface area contributed by atoms with Gasteiger partial charge in [-0.2, -0.15) is 0 Å². The number of hydrogen-bond donors (Lipinski definition) is 3. The van der Waals surface area contributed by atoms with Crippen molar-refractivity contribution in [2.75, 3.05) is 0 Å². The first-order valence-electron chi connectivity index (χ1n) is 11.9. The van der Waals surface area contributed by atoms with E-state index in [-0.39, 0.29) is 6.61 Å². The van der Waals surface area contributed by atoms with Gasteiger partial charge < -0.3 is 25.2 Å². The van der Waals surface area contributed by atoms with Crippen LogP contribution in [-0.2, 0) is 27.5 Å². The highest BCUT2D eigenvalue weighted by Crippen LogP contribution is 2.27. The van der Waals surface area contributed by atoms with Crippen molar-refractivity contribution in [3.63, 3.8) is 0 Å². The highest BCUT2D eigenvalue weighted by Gasteiger charge is 2.24. The molecule has 0 fully saturated rings. The summed E-state index contributed by atoms with van der Waals surface area (Å²) in [5.41, 5.74) is 3.56. The van der Waals surface area contributed by atoms with Gasteiger partial charge in [0.25, 0.3) is 0 Å². The number of para-hydroxylation sites is 1. The number of alkyl carbamates (subject to hydrolysis) is 1. The Hall–Kier alpha value is -4.33. The minimum atomic E-state index is -1.21. The fourth-order valence-corrected chi connectivity index (χ4v) is 3.68. The molecule has 1 atom stereocenters. The van der Waals surface area contributed by atoms with E-state index in [9.17, 15) is 19.5 Å². The number of aliphatic carboxylic acids is 1. The van der Waals surface area contributed by atoms with Gasteiger partial charge in [-0.15, -0.1) is 0 Å². The number of benzene rings is 3. The fraction of sp³-hybridized carbons (Fsp3) is 0.276. The lowest BCUT2D eigenvalue weighted by Gasteiger charge is -2.19. The Morgan fingerprint density at radius 3 is 2.14 bits per heavy atom. The number of carbonyl (C=O) groups is 3. The van der Waals surface area contributed by atoms with Crippen molar-refractivity contribution in [1.29, 1.82) is 0 Å². The SMILES string of the molecule is CC(=O)NC(C(=O)O)c1ccccc1OCc1cccc(-c2cccc(CNC(=O)OC(C)(C)C)c2)c1. The summed E-state index contributed by atoms with van der Waals surface area (Å²) in [6.45, 7) is 7.26. The van der Waals surface area contributed by atoms with Crippen LogP contribution >= 0.6 is 0 Å². The minimum Gasteiger partial charge on any atom is -0.489 e. The summed E-state index contributed by atoms with van der Waals surface area (Å²) in [4.78, 5) is 35.2. The van der Waals surface area contributed by atoms with E-state index in [1.165, 1.54) is 6.92 Å². The normalized spacial score (nSPS) is 11.8. The lowest BCUT2D eigenvalue weighted by molar-refractivity contribution is -0.141. The lowest BCUT2D eigenvalue weighted by Crippen LogP contribution is -2.32. The summed E-state index contributed by atoms with van der Waals surface area (Å²) in [6.07, 6.45) is -0.471. The van der Waals surface area contributed by atoms with Crippen LogP contribution < -0.4 is 15.4 Å². The largest absolute Gasteiger partial charge is 0.489 e. The van der Waals surface area contributed by atoms with Crippen LogP contribution in [0.5, 0.6) is 5.75 Å². The third kappa shape index (κ3) is 8.38. The Kier molecular flexibility index (Phi) is 8.90. The number of amides is 2. The molecule has 0 aromatic heterocycles. The van der Waals surface area contributed by atoms with Crippen molar-refractivity contribution in [1.82, 2.24) is 10.6 Å². The zero-order valence-electron chi connectivity index (χ0n) is 21.4. The molecule has 3 N–H and O–H groups in total. The molecule has 3 aromatic carbocycles. The van der Waals surface area contributed by atoms with E-state index in [0.29, 0.717) is 17.9 Å². The molecule has 1 unspecified atom stereocenters. The Bertz CT molecular complexity index is 1270. The third-order valence-corrected chi connectivity index (χ3v) is 5.24. The van der Waals surface area contributed by atoms with Gasteiger partial charge in [0.2, 0.25) is 5.91 Å². The molecule has 8 heteroatoms. The van der Waals surface area contributed by atoms with Gasteiger partial charge in [-0.25, -0.2) is 9.59 Å². The highest BCUT2D eigenvalue weighted by atomic mass is 16.6. The van der Waals surface area contributed by atoms with E-state index >= 15 is 0 Å². The average Bonchev–Trinajstić information content (AvgIpc) is 2.84. The second kappa shape index (κ2) is 12.1. The standard InChI is InChI=1S/C29H32N2O6/c1-19(32)31-26(27(33)34)24-13-5-6-14-25(24)36-18-21-10-8-12-23(16-21)22-11-7-9-20(15-22)17-30-28(35)37-29(2,3)4/h5-16,26H,17-18H2,1-4H3,(H,30,35)(H,31,32)(H,33,34). The fourth-order valence-electron chi connectivity index (χ4n) is 3.68. The van der Waals surface area contributed by atoms with Crippen molar-refractivity contribution in [2.24, 2.45) is 0 Å². The topological polar surface area (TPSA) is 114 Å². The van der Waals surface area contributed by atoms with Gasteiger partial charge in [0, 0.05) is 19.0 Å². The van der Waals surface area contributed by atoms with Crippen molar-refractivity contribution in [3.05, 3.63) is 89.5 Å². The van der Waals surface area contributed by atoms with Gasteiger partial charge >= 0.3 is 12.1 Å². The van der Waals surface area contributed by atoms with E-state index in [4.69, 9.17) is 9.47 Å². The molecule has 3 rings (SSSR count). The van der Waals surface area contributed by atoms with Crippen LogP contribution in [0, 0.1) is 0 Å². The van der Waals surface area contributed by atoms with Crippen LogP contribution in [0.4, 0.5) is 4.79 Å². The van der Waals surface area contributed by atoms with Crippen LogP contribution in [0.2, 0.25) is 0 Å². The molecule has 0 saturated heterocycles. The van der Waals surface area contributed by atoms with Gasteiger partial charge in [-0.3, -0.25) is 4.79 Å². The van der Waals surface area contributed by atoms with Gasteiger partial charge in [-0.05, 0) is 61.2 Å². The molecule has 0 bridgehead atoms. The maximum Gasteiger partial charge on any atom is 0.407 e. The monoisotopic (exact) mass is 504 g/mol. The molecule has 8 nitrogen and oxygen atoms in total. The number of ether oxygens (including phenoxy) is 2. The first-order valence-corrected chi connectivity index (χ1v) is 11.9. The molecule has 3 aromatic rings. The average molecular weight is 505 g/mol. The zero-order chi connectivity index (χ0) is 27.0. The molecule has 37 heavy (non-hydrogen) atoms. The lowest BCUT2D eigenvalue weighted by atomic mass is 10.0. The minimum absolute atomic E-state index is 0.206. The molecule has 0 heterocycles. The quantitative estimate of drug-likeness (QED) is 0.368. The van der Waals surface area contributed by atoms with Crippen LogP contribution in [-0.4, -0.2) is 28.7 Å². The van der Waals surface area contributed by atoms with E-state index in [1.54, 1.807) is 24.3 Å². The highest BCUT2D eigenvalue weighted by molar-refractivity contribution is 5.84. The molecule has 0 aliphatic rings. The van der Waals surface area contributed by atoms with E-state index in [0.717, 1.165) is 22.3 Å². The van der Waals surface area contributed by atoms with Crippen molar-refractivity contribution >= 4 is 18.0 Å². The second-order valence-electron chi connectivity index (χ2n) is 9.55.